The third kappa shape index (κ3) is 3.92. The smallest absolute Gasteiger partial charge is 0.290 e. The SMILES string of the molecule is O=C(C1Cc2ccccc2C1)N1C[C@H]2C[C@@H](C1)[C@H](CO)N1CCCC[C@@H]21.O=CO. The summed E-state index contributed by atoms with van der Waals surface area (Å²) in [7, 11) is 0. The maximum atomic E-state index is 13.3. The molecule has 2 bridgehead atoms. The van der Waals surface area contributed by atoms with Gasteiger partial charge in [0, 0.05) is 31.1 Å². The highest BCUT2D eigenvalue weighted by atomic mass is 16.3. The number of hydrogen-bond donors (Lipinski definition) is 2. The fourth-order valence-electron chi connectivity index (χ4n) is 6.33. The number of piperidine rings is 3. The molecule has 1 aromatic carbocycles. The lowest BCUT2D eigenvalue weighted by Crippen LogP contribution is -2.65. The van der Waals surface area contributed by atoms with Gasteiger partial charge in [0.05, 0.1) is 6.61 Å². The molecule has 3 fully saturated rings. The van der Waals surface area contributed by atoms with Crippen molar-refractivity contribution in [3.05, 3.63) is 35.4 Å². The Morgan fingerprint density at radius 1 is 1.10 bits per heavy atom. The molecule has 3 saturated heterocycles. The van der Waals surface area contributed by atoms with E-state index in [-0.39, 0.29) is 25.0 Å². The highest BCUT2D eigenvalue weighted by Crippen LogP contribution is 2.41. The van der Waals surface area contributed by atoms with Gasteiger partial charge in [-0.25, -0.2) is 0 Å². The predicted octanol–water partition coefficient (Wildman–Crippen LogP) is 1.80. The van der Waals surface area contributed by atoms with E-state index in [2.05, 4.69) is 34.1 Å². The number of aliphatic hydroxyl groups excluding tert-OH is 1. The predicted molar refractivity (Wildman–Crippen MR) is 109 cm³/mol. The van der Waals surface area contributed by atoms with E-state index < -0.39 is 0 Å². The first kappa shape index (κ1) is 20.4. The van der Waals surface area contributed by atoms with Crippen molar-refractivity contribution in [1.29, 1.82) is 0 Å². The second kappa shape index (κ2) is 8.84. The second-order valence-corrected chi connectivity index (χ2v) is 9.03. The molecule has 0 saturated carbocycles. The van der Waals surface area contributed by atoms with Crippen LogP contribution in [0.1, 0.15) is 36.8 Å². The summed E-state index contributed by atoms with van der Waals surface area (Å²) in [6.07, 6.45) is 6.80. The van der Waals surface area contributed by atoms with Crippen LogP contribution >= 0.6 is 0 Å². The van der Waals surface area contributed by atoms with E-state index in [1.807, 2.05) is 0 Å². The molecule has 1 aliphatic carbocycles. The summed E-state index contributed by atoms with van der Waals surface area (Å²) >= 11 is 0. The summed E-state index contributed by atoms with van der Waals surface area (Å²) in [6, 6.07) is 9.35. The van der Waals surface area contributed by atoms with Crippen LogP contribution in [-0.4, -0.2) is 70.7 Å². The minimum absolute atomic E-state index is 0.126. The Labute approximate surface area is 172 Å². The number of rotatable bonds is 2. The fourth-order valence-corrected chi connectivity index (χ4v) is 6.33. The van der Waals surface area contributed by atoms with Gasteiger partial charge < -0.3 is 15.1 Å². The maximum absolute atomic E-state index is 13.3. The van der Waals surface area contributed by atoms with Crippen molar-refractivity contribution in [3.8, 4) is 0 Å². The third-order valence-corrected chi connectivity index (χ3v) is 7.52. The molecule has 158 valence electrons. The number of hydrogen-bond acceptors (Lipinski definition) is 4. The van der Waals surface area contributed by atoms with Crippen molar-refractivity contribution >= 4 is 12.4 Å². The van der Waals surface area contributed by atoms with Crippen LogP contribution < -0.4 is 0 Å². The standard InChI is InChI=1S/C22H30N2O2.CH2O2/c25-14-21-19-11-18(20-7-3-4-8-24(20)21)12-23(13-19)22(26)17-9-15-5-1-2-6-16(15)10-17;2-1-3/h1-2,5-6,17-21,25H,3-4,7-14H2;1H,(H,2,3)/t18-,19+,20+,21+;/m1./s1. The van der Waals surface area contributed by atoms with Crippen molar-refractivity contribution < 1.29 is 19.8 Å². The normalized spacial score (nSPS) is 31.3. The zero-order valence-electron chi connectivity index (χ0n) is 16.9. The van der Waals surface area contributed by atoms with Crippen LogP contribution in [0.15, 0.2) is 24.3 Å². The van der Waals surface area contributed by atoms with E-state index in [4.69, 9.17) is 9.90 Å². The van der Waals surface area contributed by atoms with E-state index in [9.17, 15) is 9.90 Å². The van der Waals surface area contributed by atoms with Crippen LogP contribution in [0.4, 0.5) is 0 Å². The van der Waals surface area contributed by atoms with Crippen molar-refractivity contribution in [1.82, 2.24) is 9.80 Å². The molecule has 1 amide bonds. The number of benzene rings is 1. The lowest BCUT2D eigenvalue weighted by atomic mass is 9.72. The number of aliphatic hydroxyl groups is 1. The van der Waals surface area contributed by atoms with E-state index in [0.29, 0.717) is 23.8 Å². The Morgan fingerprint density at radius 3 is 2.41 bits per heavy atom. The molecule has 3 heterocycles. The van der Waals surface area contributed by atoms with Gasteiger partial charge in [-0.2, -0.15) is 0 Å². The highest BCUT2D eigenvalue weighted by Gasteiger charge is 2.48. The molecular weight excluding hydrogens is 368 g/mol. The number of amides is 1. The molecule has 6 heteroatoms. The molecule has 6 nitrogen and oxygen atoms in total. The van der Waals surface area contributed by atoms with E-state index >= 15 is 0 Å². The Balaban J connectivity index is 0.000000645. The van der Waals surface area contributed by atoms with Crippen molar-refractivity contribution in [2.24, 2.45) is 17.8 Å². The number of fused-ring (bicyclic) bond motifs is 5. The zero-order chi connectivity index (χ0) is 20.4. The van der Waals surface area contributed by atoms with E-state index in [0.717, 1.165) is 32.5 Å². The van der Waals surface area contributed by atoms with Crippen LogP contribution in [-0.2, 0) is 22.4 Å². The average molecular weight is 401 g/mol. The summed E-state index contributed by atoms with van der Waals surface area (Å²) in [5.74, 6) is 1.53. The molecule has 29 heavy (non-hydrogen) atoms. The third-order valence-electron chi connectivity index (χ3n) is 7.52. The van der Waals surface area contributed by atoms with Crippen LogP contribution in [0.2, 0.25) is 0 Å². The minimum atomic E-state index is -0.250. The van der Waals surface area contributed by atoms with E-state index in [1.165, 1.54) is 36.8 Å². The zero-order valence-corrected chi connectivity index (χ0v) is 16.9. The molecule has 3 aliphatic heterocycles. The van der Waals surface area contributed by atoms with Crippen molar-refractivity contribution in [2.75, 3.05) is 26.2 Å². The minimum Gasteiger partial charge on any atom is -0.483 e. The first-order valence-electron chi connectivity index (χ1n) is 11.0. The van der Waals surface area contributed by atoms with Gasteiger partial charge in [-0.3, -0.25) is 14.5 Å². The fraction of sp³-hybridized carbons (Fsp3) is 0.652. The molecular formula is C23H32N2O4. The first-order chi connectivity index (χ1) is 14.2. The number of carbonyl (C=O) groups is 2. The topological polar surface area (TPSA) is 81.1 Å². The lowest BCUT2D eigenvalue weighted by molar-refractivity contribution is -0.146. The molecule has 0 radical (unpaired) electrons. The van der Waals surface area contributed by atoms with Gasteiger partial charge in [0.15, 0.2) is 0 Å². The average Bonchev–Trinajstić information content (AvgIpc) is 3.18. The highest BCUT2D eigenvalue weighted by molar-refractivity contribution is 5.80. The molecule has 4 atom stereocenters. The van der Waals surface area contributed by atoms with Crippen molar-refractivity contribution in [2.45, 2.75) is 50.6 Å². The molecule has 0 aromatic heterocycles. The van der Waals surface area contributed by atoms with Gasteiger partial charge in [-0.05, 0) is 61.6 Å². The largest absolute Gasteiger partial charge is 0.483 e. The maximum Gasteiger partial charge on any atom is 0.290 e. The Bertz CT molecular complexity index is 700. The van der Waals surface area contributed by atoms with Gasteiger partial charge >= 0.3 is 0 Å². The molecule has 0 spiro atoms. The number of carbonyl (C=O) groups excluding carboxylic acids is 1. The Kier molecular flexibility index (Phi) is 6.20. The van der Waals surface area contributed by atoms with Gasteiger partial charge in [-0.1, -0.05) is 30.7 Å². The summed E-state index contributed by atoms with van der Waals surface area (Å²) in [5.41, 5.74) is 2.71. The summed E-state index contributed by atoms with van der Waals surface area (Å²) in [4.78, 5) is 26.4. The number of nitrogens with zero attached hydrogens (tertiary/aromatic N) is 2. The van der Waals surface area contributed by atoms with Gasteiger partial charge in [0.1, 0.15) is 0 Å². The monoisotopic (exact) mass is 400 g/mol. The van der Waals surface area contributed by atoms with Gasteiger partial charge in [0.2, 0.25) is 5.91 Å². The van der Waals surface area contributed by atoms with Gasteiger partial charge in [-0.15, -0.1) is 0 Å². The Hall–Kier alpha value is -1.92. The van der Waals surface area contributed by atoms with Gasteiger partial charge in [0.25, 0.3) is 6.47 Å². The summed E-state index contributed by atoms with van der Waals surface area (Å²) < 4.78 is 0. The van der Waals surface area contributed by atoms with E-state index in [1.54, 1.807) is 0 Å². The molecule has 1 aromatic rings. The quantitative estimate of drug-likeness (QED) is 0.740. The first-order valence-corrected chi connectivity index (χ1v) is 11.0. The molecule has 0 unspecified atom stereocenters. The van der Waals surface area contributed by atoms with Crippen LogP contribution in [0.25, 0.3) is 0 Å². The second-order valence-electron chi connectivity index (χ2n) is 9.03. The van der Waals surface area contributed by atoms with Crippen LogP contribution in [0, 0.1) is 17.8 Å². The molecule has 2 N–H and O–H groups in total. The Morgan fingerprint density at radius 2 is 1.76 bits per heavy atom. The number of carboxylic acid groups (broad SMARTS) is 1. The molecule has 5 rings (SSSR count). The van der Waals surface area contributed by atoms with Crippen LogP contribution in [0.5, 0.6) is 0 Å². The molecule has 4 aliphatic rings. The van der Waals surface area contributed by atoms with Crippen LogP contribution in [0.3, 0.4) is 0 Å². The van der Waals surface area contributed by atoms with Crippen molar-refractivity contribution in [3.63, 3.8) is 0 Å². The lowest BCUT2D eigenvalue weighted by Gasteiger charge is -2.56. The number of likely N-dealkylation sites (tertiary alicyclic amines) is 1. The summed E-state index contributed by atoms with van der Waals surface area (Å²) in [5, 5.41) is 16.9. The summed E-state index contributed by atoms with van der Waals surface area (Å²) in [6.45, 7) is 2.90.